The third-order valence-corrected chi connectivity index (χ3v) is 3.73. The van der Waals surface area contributed by atoms with Gasteiger partial charge in [0.15, 0.2) is 0 Å². The Morgan fingerprint density at radius 2 is 2.38 bits per heavy atom. The van der Waals surface area contributed by atoms with Crippen molar-refractivity contribution in [1.82, 2.24) is 0 Å². The number of rotatable bonds is 4. The summed E-state index contributed by atoms with van der Waals surface area (Å²) in [7, 11) is 1.32. The van der Waals surface area contributed by atoms with Crippen LogP contribution in [0.2, 0.25) is 0 Å². The number of esters is 1. The molecule has 0 saturated carbocycles. The van der Waals surface area contributed by atoms with E-state index in [0.717, 1.165) is 4.47 Å². The van der Waals surface area contributed by atoms with E-state index in [9.17, 15) is 14.9 Å². The van der Waals surface area contributed by atoms with Crippen LogP contribution in [-0.4, -0.2) is 43.8 Å². The predicted molar refractivity (Wildman–Crippen MR) is 79.4 cm³/mol. The van der Waals surface area contributed by atoms with Crippen LogP contribution in [0, 0.1) is 10.1 Å². The van der Waals surface area contributed by atoms with Crippen molar-refractivity contribution < 1.29 is 19.2 Å². The van der Waals surface area contributed by atoms with Gasteiger partial charge in [-0.2, -0.15) is 0 Å². The van der Waals surface area contributed by atoms with Crippen molar-refractivity contribution in [2.45, 2.75) is 12.5 Å². The molecular formula is C13H15BrN2O5. The first kappa shape index (κ1) is 15.7. The van der Waals surface area contributed by atoms with Crippen molar-refractivity contribution in [2.24, 2.45) is 0 Å². The molecule has 1 aromatic rings. The molecule has 21 heavy (non-hydrogen) atoms. The minimum atomic E-state index is -0.410. The molecule has 1 atom stereocenters. The maximum absolute atomic E-state index is 11.3. The fraction of sp³-hybridized carbons (Fsp3) is 0.462. The van der Waals surface area contributed by atoms with Crippen LogP contribution < -0.4 is 4.90 Å². The van der Waals surface area contributed by atoms with E-state index >= 15 is 0 Å². The van der Waals surface area contributed by atoms with E-state index in [1.54, 1.807) is 12.1 Å². The molecule has 1 saturated heterocycles. The molecule has 8 heteroatoms. The van der Waals surface area contributed by atoms with Gasteiger partial charge in [0.2, 0.25) is 0 Å². The summed E-state index contributed by atoms with van der Waals surface area (Å²) < 4.78 is 10.9. The molecule has 1 unspecified atom stereocenters. The van der Waals surface area contributed by atoms with Crippen LogP contribution in [-0.2, 0) is 14.3 Å². The number of ether oxygens (including phenoxy) is 2. The second-order valence-corrected chi connectivity index (χ2v) is 5.52. The van der Waals surface area contributed by atoms with E-state index in [2.05, 4.69) is 20.7 Å². The molecule has 0 bridgehead atoms. The number of hydrogen-bond donors (Lipinski definition) is 0. The number of nitro groups is 1. The molecule has 1 heterocycles. The molecule has 1 aliphatic rings. The first-order valence-corrected chi connectivity index (χ1v) is 7.18. The summed E-state index contributed by atoms with van der Waals surface area (Å²) in [6, 6.07) is 4.80. The molecular weight excluding hydrogens is 344 g/mol. The van der Waals surface area contributed by atoms with Gasteiger partial charge in [-0.15, -0.1) is 0 Å². The van der Waals surface area contributed by atoms with Crippen molar-refractivity contribution in [1.29, 1.82) is 0 Å². The van der Waals surface area contributed by atoms with E-state index in [4.69, 9.17) is 4.74 Å². The number of hydrogen-bond acceptors (Lipinski definition) is 6. The van der Waals surface area contributed by atoms with Crippen LogP contribution in [0.3, 0.4) is 0 Å². The molecule has 0 radical (unpaired) electrons. The van der Waals surface area contributed by atoms with Crippen molar-refractivity contribution in [2.75, 3.05) is 31.7 Å². The fourth-order valence-electron chi connectivity index (χ4n) is 2.24. The number of nitro benzene ring substituents is 1. The van der Waals surface area contributed by atoms with E-state index in [0.29, 0.717) is 25.4 Å². The number of carbonyl (C=O) groups excluding carboxylic acids is 1. The monoisotopic (exact) mass is 358 g/mol. The summed E-state index contributed by atoms with van der Waals surface area (Å²) in [4.78, 5) is 23.9. The third kappa shape index (κ3) is 3.92. The van der Waals surface area contributed by atoms with E-state index in [1.807, 2.05) is 4.90 Å². The molecule has 2 rings (SSSR count). The van der Waals surface area contributed by atoms with Crippen LogP contribution in [0.4, 0.5) is 11.4 Å². The Bertz CT molecular complexity index is 551. The molecule has 114 valence electrons. The highest BCUT2D eigenvalue weighted by Gasteiger charge is 2.27. The highest BCUT2D eigenvalue weighted by atomic mass is 79.9. The lowest BCUT2D eigenvalue weighted by Gasteiger charge is -2.33. The Hall–Kier alpha value is -1.67. The number of anilines is 1. The largest absolute Gasteiger partial charge is 0.469 e. The van der Waals surface area contributed by atoms with E-state index in [1.165, 1.54) is 13.2 Å². The number of halogens is 1. The first-order chi connectivity index (χ1) is 10.0. The van der Waals surface area contributed by atoms with Gasteiger partial charge in [-0.25, -0.2) is 0 Å². The van der Waals surface area contributed by atoms with Crippen LogP contribution in [0.5, 0.6) is 0 Å². The summed E-state index contributed by atoms with van der Waals surface area (Å²) >= 11 is 3.32. The van der Waals surface area contributed by atoms with Gasteiger partial charge in [0, 0.05) is 23.6 Å². The van der Waals surface area contributed by atoms with Crippen LogP contribution in [0.15, 0.2) is 22.7 Å². The summed E-state index contributed by atoms with van der Waals surface area (Å²) in [5.41, 5.74) is 0.560. The zero-order chi connectivity index (χ0) is 15.4. The minimum absolute atomic E-state index is 0.0388. The molecule has 1 aromatic carbocycles. The lowest BCUT2D eigenvalue weighted by atomic mass is 10.1. The average Bonchev–Trinajstić information content (AvgIpc) is 2.47. The number of nitrogens with zero attached hydrogens (tertiary/aromatic N) is 2. The van der Waals surface area contributed by atoms with Crippen molar-refractivity contribution >= 4 is 33.3 Å². The first-order valence-electron chi connectivity index (χ1n) is 6.38. The summed E-state index contributed by atoms with van der Waals surface area (Å²) in [6.45, 7) is 1.35. The number of benzene rings is 1. The fourth-order valence-corrected chi connectivity index (χ4v) is 2.58. The molecule has 7 nitrogen and oxygen atoms in total. The maximum Gasteiger partial charge on any atom is 0.308 e. The molecule has 0 aliphatic carbocycles. The molecule has 0 aromatic heterocycles. The van der Waals surface area contributed by atoms with Gasteiger partial charge in [-0.3, -0.25) is 14.9 Å². The summed E-state index contributed by atoms with van der Waals surface area (Å²) in [5.74, 6) is -0.356. The second-order valence-electron chi connectivity index (χ2n) is 4.61. The molecule has 1 fully saturated rings. The van der Waals surface area contributed by atoms with Gasteiger partial charge in [0.05, 0.1) is 31.2 Å². The highest BCUT2D eigenvalue weighted by molar-refractivity contribution is 9.10. The smallest absolute Gasteiger partial charge is 0.308 e. The Kier molecular flexibility index (Phi) is 5.13. The normalized spacial score (nSPS) is 18.4. The zero-order valence-corrected chi connectivity index (χ0v) is 13.0. The Labute approximate surface area is 130 Å². The van der Waals surface area contributed by atoms with Gasteiger partial charge in [0.25, 0.3) is 5.69 Å². The minimum Gasteiger partial charge on any atom is -0.469 e. The Morgan fingerprint density at radius 3 is 3.05 bits per heavy atom. The standard InChI is InChI=1S/C13H15BrN2O5/c1-20-13(17)7-10-8-15(4-5-21-10)12-6-9(14)2-3-11(12)16(18)19/h2-3,6,10H,4-5,7-8H2,1H3. The van der Waals surface area contributed by atoms with Crippen molar-refractivity contribution in [3.8, 4) is 0 Å². The van der Waals surface area contributed by atoms with Gasteiger partial charge in [-0.1, -0.05) is 15.9 Å². The van der Waals surface area contributed by atoms with E-state index < -0.39 is 4.92 Å². The van der Waals surface area contributed by atoms with Gasteiger partial charge >= 0.3 is 5.97 Å². The number of morpholine rings is 1. The topological polar surface area (TPSA) is 81.9 Å². The van der Waals surface area contributed by atoms with Crippen molar-refractivity contribution in [3.05, 3.63) is 32.8 Å². The Balaban J connectivity index is 2.19. The average molecular weight is 359 g/mol. The lowest BCUT2D eigenvalue weighted by molar-refractivity contribution is -0.384. The predicted octanol–water partition coefficient (Wildman–Crippen LogP) is 2.13. The van der Waals surface area contributed by atoms with Crippen LogP contribution >= 0.6 is 15.9 Å². The van der Waals surface area contributed by atoms with Crippen LogP contribution in [0.25, 0.3) is 0 Å². The maximum atomic E-state index is 11.3. The number of carbonyl (C=O) groups is 1. The summed E-state index contributed by atoms with van der Waals surface area (Å²) in [5, 5.41) is 11.1. The van der Waals surface area contributed by atoms with Gasteiger partial charge < -0.3 is 14.4 Å². The lowest BCUT2D eigenvalue weighted by Crippen LogP contribution is -2.43. The van der Waals surface area contributed by atoms with Gasteiger partial charge in [-0.05, 0) is 12.1 Å². The quantitative estimate of drug-likeness (QED) is 0.465. The van der Waals surface area contributed by atoms with E-state index in [-0.39, 0.29) is 24.2 Å². The van der Waals surface area contributed by atoms with Crippen LogP contribution in [0.1, 0.15) is 6.42 Å². The molecule has 0 N–H and O–H groups in total. The second kappa shape index (κ2) is 6.86. The highest BCUT2D eigenvalue weighted by Crippen LogP contribution is 2.32. The zero-order valence-electron chi connectivity index (χ0n) is 11.5. The summed E-state index contributed by atoms with van der Waals surface area (Å²) in [6.07, 6.45) is -0.195. The number of methoxy groups -OCH3 is 1. The molecule has 0 spiro atoms. The Morgan fingerprint density at radius 1 is 1.62 bits per heavy atom. The SMILES string of the molecule is COC(=O)CC1CN(c2cc(Br)ccc2[N+](=O)[O-])CCO1. The van der Waals surface area contributed by atoms with Crippen molar-refractivity contribution in [3.63, 3.8) is 0 Å². The third-order valence-electron chi connectivity index (χ3n) is 3.24. The molecule has 0 amide bonds. The van der Waals surface area contributed by atoms with Gasteiger partial charge in [0.1, 0.15) is 5.69 Å². The molecule has 1 aliphatic heterocycles.